The van der Waals surface area contributed by atoms with Crippen molar-refractivity contribution < 1.29 is 14.3 Å². The fourth-order valence-corrected chi connectivity index (χ4v) is 3.31. The summed E-state index contributed by atoms with van der Waals surface area (Å²) in [4.78, 5) is 17.6. The Bertz CT molecular complexity index is 1150. The molecule has 0 spiro atoms. The number of nitrogens with one attached hydrogen (secondary N) is 2. The third-order valence-corrected chi connectivity index (χ3v) is 5.24. The normalized spacial score (nSPS) is 12.7. The number of amides is 1. The van der Waals surface area contributed by atoms with E-state index in [1.54, 1.807) is 18.2 Å². The Morgan fingerprint density at radius 1 is 1.10 bits per heavy atom. The third-order valence-electron chi connectivity index (χ3n) is 5.24. The average molecular weight is 419 g/mol. The number of guanidine groups is 1. The summed E-state index contributed by atoms with van der Waals surface area (Å²) in [5.41, 5.74) is 5.42. The molecule has 0 radical (unpaired) electrons. The minimum Gasteiger partial charge on any atom is -0.454 e. The van der Waals surface area contributed by atoms with Crippen molar-refractivity contribution >= 4 is 17.6 Å². The molecule has 0 saturated heterocycles. The Hall–Kier alpha value is -3.81. The second-order valence-corrected chi connectivity index (χ2v) is 7.45. The van der Waals surface area contributed by atoms with Crippen LogP contribution in [-0.2, 0) is 13.6 Å². The van der Waals surface area contributed by atoms with Crippen molar-refractivity contribution in [3.63, 3.8) is 0 Å². The zero-order chi connectivity index (χ0) is 22.0. The predicted molar refractivity (Wildman–Crippen MR) is 119 cm³/mol. The van der Waals surface area contributed by atoms with Gasteiger partial charge in [0, 0.05) is 29.6 Å². The second-order valence-electron chi connectivity index (χ2n) is 7.45. The molecule has 0 atom stereocenters. The summed E-state index contributed by atoms with van der Waals surface area (Å²) in [5, 5.41) is 10.5. The van der Waals surface area contributed by atoms with Crippen molar-refractivity contribution in [3.8, 4) is 11.5 Å². The van der Waals surface area contributed by atoms with Crippen LogP contribution in [0, 0.1) is 20.8 Å². The summed E-state index contributed by atoms with van der Waals surface area (Å²) >= 11 is 0. The Balaban J connectivity index is 1.58. The van der Waals surface area contributed by atoms with E-state index in [-0.39, 0.29) is 12.7 Å². The molecular formula is C23H25N5O3. The zero-order valence-corrected chi connectivity index (χ0v) is 18.0. The van der Waals surface area contributed by atoms with Crippen molar-refractivity contribution in [2.24, 2.45) is 12.0 Å². The van der Waals surface area contributed by atoms with E-state index >= 15 is 0 Å². The fraction of sp³-hybridized carbons (Fsp3) is 0.261. The molecule has 1 aliphatic heterocycles. The van der Waals surface area contributed by atoms with Crippen LogP contribution in [0.25, 0.3) is 0 Å². The van der Waals surface area contributed by atoms with Crippen LogP contribution in [0.4, 0.5) is 5.69 Å². The van der Waals surface area contributed by atoms with Crippen molar-refractivity contribution in [1.82, 2.24) is 15.1 Å². The number of nitrogens with zero attached hydrogens (tertiary/aromatic N) is 3. The van der Waals surface area contributed by atoms with Gasteiger partial charge in [0.15, 0.2) is 11.5 Å². The zero-order valence-electron chi connectivity index (χ0n) is 18.0. The Morgan fingerprint density at radius 2 is 1.84 bits per heavy atom. The molecule has 0 fully saturated rings. The number of hydrogen-bond donors (Lipinski definition) is 2. The molecule has 0 unspecified atom stereocenters. The number of aryl methyl sites for hydroxylation is 3. The van der Waals surface area contributed by atoms with Gasteiger partial charge in [0.2, 0.25) is 12.8 Å². The molecule has 0 bridgehead atoms. The van der Waals surface area contributed by atoms with E-state index in [0.717, 1.165) is 28.2 Å². The summed E-state index contributed by atoms with van der Waals surface area (Å²) < 4.78 is 12.5. The van der Waals surface area contributed by atoms with E-state index < -0.39 is 0 Å². The lowest BCUT2D eigenvalue weighted by molar-refractivity contribution is 0.0976. The van der Waals surface area contributed by atoms with Crippen LogP contribution >= 0.6 is 0 Å². The predicted octanol–water partition coefficient (Wildman–Crippen LogP) is 3.47. The standard InChI is InChI=1S/C23H25N5O3/c1-14-5-8-18(9-6-14)25-23(24-12-19-15(2)27-28(4)16(19)3)26-22(29)17-7-10-20-21(11-17)31-13-30-20/h5-11H,12-13H2,1-4H3,(H2,24,25,26,29). The molecule has 2 N–H and O–H groups in total. The monoisotopic (exact) mass is 419 g/mol. The Kier molecular flexibility index (Phi) is 5.62. The van der Waals surface area contributed by atoms with Gasteiger partial charge in [-0.15, -0.1) is 0 Å². The van der Waals surface area contributed by atoms with Gasteiger partial charge in [-0.2, -0.15) is 5.10 Å². The van der Waals surface area contributed by atoms with E-state index in [1.807, 2.05) is 56.8 Å². The van der Waals surface area contributed by atoms with E-state index in [0.29, 0.717) is 29.6 Å². The molecule has 3 aromatic rings. The topological polar surface area (TPSA) is 89.8 Å². The summed E-state index contributed by atoms with van der Waals surface area (Å²) in [7, 11) is 1.91. The highest BCUT2D eigenvalue weighted by molar-refractivity contribution is 6.10. The van der Waals surface area contributed by atoms with E-state index in [9.17, 15) is 4.79 Å². The van der Waals surface area contributed by atoms with Crippen LogP contribution < -0.4 is 20.1 Å². The van der Waals surface area contributed by atoms with Crippen LogP contribution in [-0.4, -0.2) is 28.4 Å². The molecule has 2 aromatic carbocycles. The van der Waals surface area contributed by atoms with Gasteiger partial charge in [0.1, 0.15) is 0 Å². The van der Waals surface area contributed by atoms with Gasteiger partial charge < -0.3 is 14.8 Å². The Morgan fingerprint density at radius 3 is 2.55 bits per heavy atom. The second kappa shape index (κ2) is 8.51. The lowest BCUT2D eigenvalue weighted by Gasteiger charge is -2.12. The van der Waals surface area contributed by atoms with Crippen molar-refractivity contribution in [1.29, 1.82) is 0 Å². The van der Waals surface area contributed by atoms with Gasteiger partial charge in [-0.1, -0.05) is 17.7 Å². The minimum atomic E-state index is -0.295. The molecule has 31 heavy (non-hydrogen) atoms. The maximum absolute atomic E-state index is 12.9. The van der Waals surface area contributed by atoms with Gasteiger partial charge in [0.05, 0.1) is 12.2 Å². The molecule has 1 aromatic heterocycles. The maximum atomic E-state index is 12.9. The van der Waals surface area contributed by atoms with Gasteiger partial charge >= 0.3 is 0 Å². The highest BCUT2D eigenvalue weighted by atomic mass is 16.7. The summed E-state index contributed by atoms with van der Waals surface area (Å²) in [6, 6.07) is 13.0. The number of hydrogen-bond acceptors (Lipinski definition) is 5. The molecule has 160 valence electrons. The van der Waals surface area contributed by atoms with Gasteiger partial charge in [-0.3, -0.25) is 14.8 Å². The van der Waals surface area contributed by atoms with Gasteiger partial charge in [-0.25, -0.2) is 4.99 Å². The average Bonchev–Trinajstić information content (AvgIpc) is 3.31. The molecule has 8 nitrogen and oxygen atoms in total. The van der Waals surface area contributed by atoms with Crippen LogP contribution in [0.15, 0.2) is 47.5 Å². The maximum Gasteiger partial charge on any atom is 0.258 e. The Labute approximate surface area is 180 Å². The molecule has 0 saturated carbocycles. The number of anilines is 1. The lowest BCUT2D eigenvalue weighted by Crippen LogP contribution is -2.36. The van der Waals surface area contributed by atoms with E-state index in [1.165, 1.54) is 0 Å². The van der Waals surface area contributed by atoms with E-state index in [4.69, 9.17) is 9.47 Å². The molecular weight excluding hydrogens is 394 g/mol. The van der Waals surface area contributed by atoms with Crippen LogP contribution in [0.2, 0.25) is 0 Å². The van der Waals surface area contributed by atoms with Gasteiger partial charge in [0.25, 0.3) is 5.91 Å². The third kappa shape index (κ3) is 4.53. The fourth-order valence-electron chi connectivity index (χ4n) is 3.31. The first kappa shape index (κ1) is 20.5. The number of aromatic nitrogens is 2. The lowest BCUT2D eigenvalue weighted by atomic mass is 10.2. The van der Waals surface area contributed by atoms with Crippen molar-refractivity contribution in [2.75, 3.05) is 12.1 Å². The molecule has 0 aliphatic carbocycles. The number of aliphatic imine (C=N–C) groups is 1. The number of rotatable bonds is 4. The number of carbonyl (C=O) groups excluding carboxylic acids is 1. The van der Waals surface area contributed by atoms with Gasteiger partial charge in [-0.05, 0) is 51.1 Å². The minimum absolute atomic E-state index is 0.159. The first-order valence-electron chi connectivity index (χ1n) is 9.99. The smallest absolute Gasteiger partial charge is 0.258 e. The summed E-state index contributed by atoms with van der Waals surface area (Å²) in [6.07, 6.45) is 0. The number of ether oxygens (including phenoxy) is 2. The van der Waals surface area contributed by atoms with E-state index in [2.05, 4.69) is 20.7 Å². The largest absolute Gasteiger partial charge is 0.454 e. The first-order valence-corrected chi connectivity index (χ1v) is 9.99. The number of benzene rings is 2. The SMILES string of the molecule is Cc1ccc(NC(=NCc2c(C)nn(C)c2C)NC(=O)c2ccc3c(c2)OCO3)cc1. The molecule has 1 aliphatic rings. The summed E-state index contributed by atoms with van der Waals surface area (Å²) in [5.74, 6) is 1.25. The van der Waals surface area contributed by atoms with Crippen molar-refractivity contribution in [3.05, 3.63) is 70.5 Å². The molecule has 2 heterocycles. The van der Waals surface area contributed by atoms with Crippen LogP contribution in [0.3, 0.4) is 0 Å². The molecule has 8 heteroatoms. The summed E-state index contributed by atoms with van der Waals surface area (Å²) in [6.45, 7) is 6.53. The van der Waals surface area contributed by atoms with Crippen LogP contribution in [0.5, 0.6) is 11.5 Å². The molecule has 4 rings (SSSR count). The van der Waals surface area contributed by atoms with Crippen molar-refractivity contribution in [2.45, 2.75) is 27.3 Å². The number of fused-ring (bicyclic) bond motifs is 1. The van der Waals surface area contributed by atoms with Crippen LogP contribution in [0.1, 0.15) is 32.9 Å². The highest BCUT2D eigenvalue weighted by Gasteiger charge is 2.17. The first-order chi connectivity index (χ1) is 14.9. The molecule has 1 amide bonds. The quantitative estimate of drug-likeness (QED) is 0.499. The highest BCUT2D eigenvalue weighted by Crippen LogP contribution is 2.32. The number of carbonyl (C=O) groups is 1.